The number of aromatic nitrogens is 3. The molecule has 0 bridgehead atoms. The maximum absolute atomic E-state index is 13.2. The number of imidazole rings is 1. The molecule has 2 aliphatic carbocycles. The molecule has 0 atom stereocenters. The van der Waals surface area contributed by atoms with Gasteiger partial charge < -0.3 is 20.2 Å². The monoisotopic (exact) mass is 447 g/mol. The van der Waals surface area contributed by atoms with Crippen LogP contribution in [-0.2, 0) is 6.54 Å². The summed E-state index contributed by atoms with van der Waals surface area (Å²) < 4.78 is 1.85. The highest BCUT2D eigenvalue weighted by Crippen LogP contribution is 2.34. The van der Waals surface area contributed by atoms with Crippen LogP contribution in [0.1, 0.15) is 83.9 Å². The molecular formula is C25H29N5O3. The molecule has 8 nitrogen and oxygen atoms in total. The zero-order valence-electron chi connectivity index (χ0n) is 18.6. The van der Waals surface area contributed by atoms with Crippen LogP contribution in [0.5, 0.6) is 0 Å². The first-order valence-corrected chi connectivity index (χ1v) is 11.9. The first-order valence-electron chi connectivity index (χ1n) is 11.9. The second kappa shape index (κ2) is 9.21. The molecule has 0 unspecified atom stereocenters. The highest BCUT2D eigenvalue weighted by molar-refractivity contribution is 5.99. The number of aromatic amines is 1. The summed E-state index contributed by atoms with van der Waals surface area (Å²) in [5, 5.41) is 5.82. The van der Waals surface area contributed by atoms with Gasteiger partial charge in [-0.15, -0.1) is 0 Å². The van der Waals surface area contributed by atoms with Gasteiger partial charge in [0, 0.05) is 24.5 Å². The zero-order valence-corrected chi connectivity index (χ0v) is 18.6. The van der Waals surface area contributed by atoms with Crippen molar-refractivity contribution in [3.05, 3.63) is 63.8 Å². The fourth-order valence-electron chi connectivity index (χ4n) is 4.54. The minimum Gasteiger partial charge on any atom is -0.349 e. The summed E-state index contributed by atoms with van der Waals surface area (Å²) in [4.78, 5) is 46.8. The fourth-order valence-corrected chi connectivity index (χ4v) is 4.54. The maximum Gasteiger partial charge on any atom is 0.257 e. The minimum absolute atomic E-state index is 0.00784. The smallest absolute Gasteiger partial charge is 0.257 e. The number of hydrogen-bond acceptors (Lipinski definition) is 4. The topological polar surface area (TPSA) is 109 Å². The van der Waals surface area contributed by atoms with E-state index in [-0.39, 0.29) is 35.7 Å². The van der Waals surface area contributed by atoms with Crippen molar-refractivity contribution in [3.63, 3.8) is 0 Å². The summed E-state index contributed by atoms with van der Waals surface area (Å²) in [7, 11) is 0. The number of rotatable bonds is 6. The molecule has 2 amide bonds. The first kappa shape index (κ1) is 21.4. The quantitative estimate of drug-likeness (QED) is 0.503. The van der Waals surface area contributed by atoms with Gasteiger partial charge in [-0.25, -0.2) is 4.98 Å². The van der Waals surface area contributed by atoms with Crippen LogP contribution < -0.4 is 16.1 Å². The van der Waals surface area contributed by atoms with E-state index in [2.05, 4.69) is 20.6 Å². The number of pyridine rings is 1. The van der Waals surface area contributed by atoms with Gasteiger partial charge in [0.2, 0.25) is 5.43 Å². The Bertz CT molecular complexity index is 1200. The van der Waals surface area contributed by atoms with Gasteiger partial charge in [0.05, 0.1) is 17.6 Å². The number of carbonyl (C=O) groups is 2. The fraction of sp³-hybridized carbons (Fsp3) is 0.440. The third-order valence-corrected chi connectivity index (χ3v) is 6.55. The van der Waals surface area contributed by atoms with Gasteiger partial charge in [0.15, 0.2) is 0 Å². The molecule has 0 spiro atoms. The molecule has 2 aliphatic rings. The number of nitrogens with one attached hydrogen (secondary N) is 3. The average Bonchev–Trinajstić information content (AvgIpc) is 3.62. The average molecular weight is 448 g/mol. The van der Waals surface area contributed by atoms with Gasteiger partial charge in [-0.3, -0.25) is 14.4 Å². The largest absolute Gasteiger partial charge is 0.349 e. The van der Waals surface area contributed by atoms with Crippen molar-refractivity contribution < 1.29 is 9.59 Å². The van der Waals surface area contributed by atoms with Crippen molar-refractivity contribution in [2.45, 2.75) is 70.0 Å². The molecule has 8 heteroatoms. The first-order chi connectivity index (χ1) is 16.1. The van der Waals surface area contributed by atoms with Gasteiger partial charge in [0.1, 0.15) is 17.0 Å². The number of H-pyrrole nitrogens is 1. The summed E-state index contributed by atoms with van der Waals surface area (Å²) >= 11 is 0. The van der Waals surface area contributed by atoms with Gasteiger partial charge in [-0.2, -0.15) is 0 Å². The van der Waals surface area contributed by atoms with Crippen molar-refractivity contribution in [3.8, 4) is 0 Å². The van der Waals surface area contributed by atoms with Crippen LogP contribution in [0.15, 0.2) is 41.5 Å². The van der Waals surface area contributed by atoms with Gasteiger partial charge >= 0.3 is 0 Å². The van der Waals surface area contributed by atoms with Crippen LogP contribution in [-0.4, -0.2) is 32.4 Å². The highest BCUT2D eigenvalue weighted by Gasteiger charge is 2.28. The van der Waals surface area contributed by atoms with Crippen LogP contribution in [0.2, 0.25) is 0 Å². The Labute approximate surface area is 191 Å². The summed E-state index contributed by atoms with van der Waals surface area (Å²) in [5.41, 5.74) is 1.21. The second-order valence-electron chi connectivity index (χ2n) is 9.14. The van der Waals surface area contributed by atoms with E-state index >= 15 is 0 Å². The summed E-state index contributed by atoms with van der Waals surface area (Å²) in [6, 6.07) is 7.93. The predicted octanol–water partition coefficient (Wildman–Crippen LogP) is 3.44. The van der Waals surface area contributed by atoms with Gasteiger partial charge in [0.25, 0.3) is 11.8 Å². The lowest BCUT2D eigenvalue weighted by Gasteiger charge is -2.17. The van der Waals surface area contributed by atoms with E-state index in [9.17, 15) is 14.4 Å². The lowest BCUT2D eigenvalue weighted by molar-refractivity contribution is 0.0931. The molecule has 33 heavy (non-hydrogen) atoms. The molecule has 3 aromatic rings. The Morgan fingerprint density at radius 3 is 2.36 bits per heavy atom. The van der Waals surface area contributed by atoms with E-state index in [1.807, 2.05) is 28.8 Å². The Hall–Kier alpha value is -3.42. The normalized spacial score (nSPS) is 17.0. The number of nitrogens with zero attached hydrogens (tertiary/aromatic N) is 2. The minimum atomic E-state index is -0.528. The number of hydrogen-bond donors (Lipinski definition) is 3. The Morgan fingerprint density at radius 2 is 1.67 bits per heavy atom. The van der Waals surface area contributed by atoms with E-state index in [1.165, 1.54) is 12.8 Å². The Balaban J connectivity index is 1.35. The lowest BCUT2D eigenvalue weighted by atomic mass is 10.1. The van der Waals surface area contributed by atoms with Crippen molar-refractivity contribution in [1.29, 1.82) is 0 Å². The third-order valence-electron chi connectivity index (χ3n) is 6.55. The summed E-state index contributed by atoms with van der Waals surface area (Å²) in [5.74, 6) is -0.276. The van der Waals surface area contributed by atoms with E-state index < -0.39 is 11.3 Å². The van der Waals surface area contributed by atoms with Crippen molar-refractivity contribution in [2.24, 2.45) is 0 Å². The Kier molecular flexibility index (Phi) is 5.98. The molecule has 2 saturated carbocycles. The lowest BCUT2D eigenvalue weighted by Crippen LogP contribution is -2.39. The highest BCUT2D eigenvalue weighted by atomic mass is 16.2. The third kappa shape index (κ3) is 4.84. The molecule has 2 heterocycles. The van der Waals surface area contributed by atoms with Crippen LogP contribution >= 0.6 is 0 Å². The van der Waals surface area contributed by atoms with Crippen LogP contribution in [0.4, 0.5) is 0 Å². The van der Waals surface area contributed by atoms with Gasteiger partial charge in [-0.05, 0) is 37.8 Å². The molecular weight excluding hydrogens is 418 g/mol. The molecule has 2 aromatic heterocycles. The van der Waals surface area contributed by atoms with Crippen molar-refractivity contribution >= 4 is 22.8 Å². The van der Waals surface area contributed by atoms with E-state index in [0.29, 0.717) is 5.82 Å². The molecule has 0 saturated heterocycles. The summed E-state index contributed by atoms with van der Waals surface area (Å²) in [6.45, 7) is 0.162. The van der Waals surface area contributed by atoms with E-state index in [1.54, 1.807) is 12.4 Å². The summed E-state index contributed by atoms with van der Waals surface area (Å²) in [6.07, 6.45) is 11.5. The Morgan fingerprint density at radius 1 is 0.970 bits per heavy atom. The standard InChI is InChI=1S/C25H29N5O3/c31-23-18(24(32)26-13-22-28-20-9-5-6-10-21(20)29-22)14-30(17-11-12-17)15-19(23)25(33)27-16-7-3-1-2-4-8-16/h5-6,9-10,14-17H,1-4,7-8,11-13H2,(H,26,32)(H,27,33)(H,28,29). The molecule has 3 N–H and O–H groups in total. The molecule has 5 rings (SSSR count). The van der Waals surface area contributed by atoms with Crippen LogP contribution in [0.3, 0.4) is 0 Å². The number of carbonyl (C=O) groups excluding carboxylic acids is 2. The number of benzene rings is 1. The zero-order chi connectivity index (χ0) is 22.8. The maximum atomic E-state index is 13.2. The second-order valence-corrected chi connectivity index (χ2v) is 9.14. The SMILES string of the molecule is O=C(NCc1nc2ccccc2[nH]1)c1cn(C2CC2)cc(C(=O)NC2CCCCCC2)c1=O. The van der Waals surface area contributed by atoms with Crippen molar-refractivity contribution in [2.75, 3.05) is 0 Å². The van der Waals surface area contributed by atoms with Crippen LogP contribution in [0.25, 0.3) is 11.0 Å². The molecule has 0 aliphatic heterocycles. The number of amides is 2. The van der Waals surface area contributed by atoms with Crippen molar-refractivity contribution in [1.82, 2.24) is 25.2 Å². The molecule has 1 aromatic carbocycles. The molecule has 172 valence electrons. The van der Waals surface area contributed by atoms with E-state index in [4.69, 9.17) is 0 Å². The molecule has 0 radical (unpaired) electrons. The number of para-hydroxylation sites is 2. The van der Waals surface area contributed by atoms with Crippen LogP contribution in [0, 0.1) is 0 Å². The molecule has 2 fully saturated rings. The van der Waals surface area contributed by atoms with Gasteiger partial charge in [-0.1, -0.05) is 37.8 Å². The van der Waals surface area contributed by atoms with E-state index in [0.717, 1.165) is 49.6 Å². The predicted molar refractivity (Wildman–Crippen MR) is 125 cm³/mol. The number of fused-ring (bicyclic) bond motifs is 1.